The van der Waals surface area contributed by atoms with Gasteiger partial charge in [0.05, 0.1) is 11.8 Å². The summed E-state index contributed by atoms with van der Waals surface area (Å²) in [4.78, 5) is 12.0. The first kappa shape index (κ1) is 14.3. The van der Waals surface area contributed by atoms with Crippen molar-refractivity contribution in [3.8, 4) is 5.69 Å². The summed E-state index contributed by atoms with van der Waals surface area (Å²) in [5.74, 6) is -0.0792. The average Bonchev–Trinajstić information content (AvgIpc) is 2.98. The number of aromatic nitrogens is 2. The van der Waals surface area contributed by atoms with E-state index in [-0.39, 0.29) is 18.4 Å². The maximum absolute atomic E-state index is 12.0. The Morgan fingerprint density at radius 1 is 1.40 bits per heavy atom. The zero-order chi connectivity index (χ0) is 14.5. The van der Waals surface area contributed by atoms with Crippen LogP contribution in [0, 0.1) is 5.92 Å². The molecule has 1 aromatic carbocycles. The van der Waals surface area contributed by atoms with Crippen LogP contribution in [0.3, 0.4) is 0 Å². The third kappa shape index (κ3) is 3.45. The van der Waals surface area contributed by atoms with Gasteiger partial charge in [-0.25, -0.2) is 4.68 Å². The number of hydrogen-bond donors (Lipinski definition) is 2. The molecule has 0 bridgehead atoms. The molecule has 0 aliphatic carbocycles. The molecule has 20 heavy (non-hydrogen) atoms. The van der Waals surface area contributed by atoms with Crippen LogP contribution in [0.15, 0.2) is 42.7 Å². The molecule has 2 aromatic rings. The van der Waals surface area contributed by atoms with Gasteiger partial charge in [0.2, 0.25) is 0 Å². The van der Waals surface area contributed by atoms with Crippen molar-refractivity contribution in [3.63, 3.8) is 0 Å². The molecule has 1 amide bonds. The molecule has 0 saturated carbocycles. The minimum atomic E-state index is -0.534. The summed E-state index contributed by atoms with van der Waals surface area (Å²) in [7, 11) is 0. The maximum Gasteiger partial charge on any atom is 0.251 e. The van der Waals surface area contributed by atoms with E-state index in [1.54, 1.807) is 23.0 Å². The molecule has 2 N–H and O–H groups in total. The molecule has 2 rings (SSSR count). The smallest absolute Gasteiger partial charge is 0.251 e. The number of nitrogens with one attached hydrogen (secondary N) is 1. The van der Waals surface area contributed by atoms with Gasteiger partial charge in [-0.15, -0.1) is 0 Å². The fraction of sp³-hybridized carbons (Fsp3) is 0.333. The molecule has 0 aliphatic rings. The van der Waals surface area contributed by atoms with E-state index in [1.165, 1.54) is 0 Å². The number of aliphatic hydroxyl groups excluding tert-OH is 1. The number of aliphatic hydroxyl groups is 1. The Bertz CT molecular complexity index is 564. The standard InChI is InChI=1S/C15H19N3O2/c1-11(2)14(19)10-16-15(20)12-5-3-6-13(9-12)18-8-4-7-17-18/h3-9,11,14,19H,10H2,1-2H3,(H,16,20). The molecular formula is C15H19N3O2. The molecule has 5 heteroatoms. The number of amides is 1. The Morgan fingerprint density at radius 2 is 2.20 bits per heavy atom. The molecular weight excluding hydrogens is 254 g/mol. The van der Waals surface area contributed by atoms with Gasteiger partial charge in [0.15, 0.2) is 0 Å². The fourth-order valence-corrected chi connectivity index (χ4v) is 1.75. The Kier molecular flexibility index (Phi) is 4.53. The third-order valence-electron chi connectivity index (χ3n) is 3.12. The number of carbonyl (C=O) groups is 1. The van der Waals surface area contributed by atoms with Gasteiger partial charge in [-0.1, -0.05) is 19.9 Å². The summed E-state index contributed by atoms with van der Waals surface area (Å²) in [6.45, 7) is 4.08. The number of hydrogen-bond acceptors (Lipinski definition) is 3. The van der Waals surface area contributed by atoms with E-state index in [4.69, 9.17) is 0 Å². The van der Waals surface area contributed by atoms with Crippen molar-refractivity contribution in [1.82, 2.24) is 15.1 Å². The van der Waals surface area contributed by atoms with Crippen LogP contribution in [-0.4, -0.2) is 33.4 Å². The van der Waals surface area contributed by atoms with Gasteiger partial charge in [-0.05, 0) is 30.2 Å². The van der Waals surface area contributed by atoms with E-state index in [2.05, 4.69) is 10.4 Å². The van der Waals surface area contributed by atoms with Gasteiger partial charge in [0.25, 0.3) is 5.91 Å². The highest BCUT2D eigenvalue weighted by Gasteiger charge is 2.12. The van der Waals surface area contributed by atoms with Crippen molar-refractivity contribution in [2.45, 2.75) is 20.0 Å². The van der Waals surface area contributed by atoms with Crippen molar-refractivity contribution in [2.24, 2.45) is 5.92 Å². The Morgan fingerprint density at radius 3 is 2.85 bits per heavy atom. The summed E-state index contributed by atoms with van der Waals surface area (Å²) in [6, 6.07) is 9.03. The van der Waals surface area contributed by atoms with Crippen LogP contribution in [0.25, 0.3) is 5.69 Å². The van der Waals surface area contributed by atoms with Crippen molar-refractivity contribution < 1.29 is 9.90 Å². The molecule has 1 heterocycles. The first-order valence-corrected chi connectivity index (χ1v) is 6.64. The summed E-state index contributed by atoms with van der Waals surface area (Å²) in [5, 5.41) is 16.6. The lowest BCUT2D eigenvalue weighted by molar-refractivity contribution is 0.0871. The van der Waals surface area contributed by atoms with E-state index >= 15 is 0 Å². The Balaban J connectivity index is 2.05. The highest BCUT2D eigenvalue weighted by Crippen LogP contribution is 2.09. The maximum atomic E-state index is 12.0. The zero-order valence-electron chi connectivity index (χ0n) is 11.7. The molecule has 0 radical (unpaired) electrons. The molecule has 0 fully saturated rings. The molecule has 0 aliphatic heterocycles. The van der Waals surface area contributed by atoms with Crippen LogP contribution in [-0.2, 0) is 0 Å². The topological polar surface area (TPSA) is 67.2 Å². The monoisotopic (exact) mass is 273 g/mol. The quantitative estimate of drug-likeness (QED) is 0.870. The van der Waals surface area contributed by atoms with E-state index in [0.29, 0.717) is 5.56 Å². The van der Waals surface area contributed by atoms with Gasteiger partial charge in [-0.2, -0.15) is 5.10 Å². The summed E-state index contributed by atoms with van der Waals surface area (Å²) >= 11 is 0. The van der Waals surface area contributed by atoms with E-state index < -0.39 is 6.10 Å². The summed E-state index contributed by atoms with van der Waals surface area (Å²) in [6.07, 6.45) is 2.97. The van der Waals surface area contributed by atoms with Gasteiger partial charge < -0.3 is 10.4 Å². The van der Waals surface area contributed by atoms with Crippen LogP contribution >= 0.6 is 0 Å². The Hall–Kier alpha value is -2.14. The minimum absolute atomic E-state index is 0.116. The minimum Gasteiger partial charge on any atom is -0.391 e. The largest absolute Gasteiger partial charge is 0.391 e. The van der Waals surface area contributed by atoms with Crippen molar-refractivity contribution in [3.05, 3.63) is 48.3 Å². The van der Waals surface area contributed by atoms with Crippen LogP contribution in [0.2, 0.25) is 0 Å². The lowest BCUT2D eigenvalue weighted by Gasteiger charge is -2.15. The van der Waals surface area contributed by atoms with Crippen molar-refractivity contribution in [1.29, 1.82) is 0 Å². The normalized spacial score (nSPS) is 12.4. The van der Waals surface area contributed by atoms with E-state index in [9.17, 15) is 9.90 Å². The molecule has 1 unspecified atom stereocenters. The fourth-order valence-electron chi connectivity index (χ4n) is 1.75. The van der Waals surface area contributed by atoms with Crippen LogP contribution in [0.4, 0.5) is 0 Å². The second-order valence-electron chi connectivity index (χ2n) is 5.02. The van der Waals surface area contributed by atoms with Crippen molar-refractivity contribution in [2.75, 3.05) is 6.54 Å². The zero-order valence-corrected chi connectivity index (χ0v) is 11.7. The third-order valence-corrected chi connectivity index (χ3v) is 3.12. The molecule has 106 valence electrons. The van der Waals surface area contributed by atoms with Crippen LogP contribution < -0.4 is 5.32 Å². The number of nitrogens with zero attached hydrogens (tertiary/aromatic N) is 2. The van der Waals surface area contributed by atoms with Gasteiger partial charge in [0.1, 0.15) is 0 Å². The molecule has 5 nitrogen and oxygen atoms in total. The first-order chi connectivity index (χ1) is 9.58. The first-order valence-electron chi connectivity index (χ1n) is 6.64. The summed E-state index contributed by atoms with van der Waals surface area (Å²) < 4.78 is 1.69. The van der Waals surface area contributed by atoms with Crippen LogP contribution in [0.1, 0.15) is 24.2 Å². The SMILES string of the molecule is CC(C)C(O)CNC(=O)c1cccc(-n2cccn2)c1. The van der Waals surface area contributed by atoms with Crippen molar-refractivity contribution >= 4 is 5.91 Å². The second-order valence-corrected chi connectivity index (χ2v) is 5.02. The predicted molar refractivity (Wildman–Crippen MR) is 76.7 cm³/mol. The molecule has 0 spiro atoms. The van der Waals surface area contributed by atoms with Gasteiger partial charge >= 0.3 is 0 Å². The number of benzene rings is 1. The second kappa shape index (κ2) is 6.34. The average molecular weight is 273 g/mol. The van der Waals surface area contributed by atoms with Gasteiger partial charge in [0, 0.05) is 24.5 Å². The van der Waals surface area contributed by atoms with E-state index in [0.717, 1.165) is 5.69 Å². The number of rotatable bonds is 5. The van der Waals surface area contributed by atoms with Crippen LogP contribution in [0.5, 0.6) is 0 Å². The number of carbonyl (C=O) groups excluding carboxylic acids is 1. The summed E-state index contributed by atoms with van der Waals surface area (Å²) in [5.41, 5.74) is 1.38. The molecule has 1 aromatic heterocycles. The lowest BCUT2D eigenvalue weighted by atomic mass is 10.1. The lowest BCUT2D eigenvalue weighted by Crippen LogP contribution is -2.34. The predicted octanol–water partition coefficient (Wildman–Crippen LogP) is 1.62. The highest BCUT2D eigenvalue weighted by molar-refractivity contribution is 5.94. The molecule has 0 saturated heterocycles. The molecule has 1 atom stereocenters. The van der Waals surface area contributed by atoms with E-state index in [1.807, 2.05) is 38.2 Å². The highest BCUT2D eigenvalue weighted by atomic mass is 16.3. The Labute approximate surface area is 118 Å². The van der Waals surface area contributed by atoms with Gasteiger partial charge in [-0.3, -0.25) is 4.79 Å².